The molecule has 0 radical (unpaired) electrons. The minimum Gasteiger partial charge on any atom is -0.538 e. The lowest BCUT2D eigenvalue weighted by molar-refractivity contribution is -0.984. The van der Waals surface area contributed by atoms with Gasteiger partial charge in [0.25, 0.3) is 0 Å². The smallest absolute Gasteiger partial charge is 0.504 e. The molecule has 0 spiro atoms. The monoisotopic (exact) mass is 550 g/mol. The number of nitrogens with zero attached hydrogens (tertiary/aromatic N) is 2. The number of para-hydroxylation sites is 1. The van der Waals surface area contributed by atoms with Crippen LogP contribution in [0.15, 0.2) is 97.7 Å². The zero-order valence-electron chi connectivity index (χ0n) is 23.5. The predicted octanol–water partition coefficient (Wildman–Crippen LogP) is 3.95. The molecule has 3 fully saturated rings. The fourth-order valence-corrected chi connectivity index (χ4v) is 7.46. The average molecular weight is 551 g/mol. The lowest BCUT2D eigenvalue weighted by Crippen LogP contribution is -2.67. The van der Waals surface area contributed by atoms with Gasteiger partial charge in [-0.05, 0) is 29.7 Å². The van der Waals surface area contributed by atoms with Crippen molar-refractivity contribution in [3.63, 3.8) is 0 Å². The van der Waals surface area contributed by atoms with E-state index in [-0.39, 0.29) is 20.3 Å². The van der Waals surface area contributed by atoms with Crippen LogP contribution in [0, 0.1) is 11.8 Å². The van der Waals surface area contributed by atoms with Crippen LogP contribution >= 0.6 is 0 Å². The van der Waals surface area contributed by atoms with Crippen LogP contribution in [0.2, 0.25) is 0 Å². The molecule has 3 aromatic carbocycles. The number of piperidine rings is 3. The van der Waals surface area contributed by atoms with Crippen molar-refractivity contribution in [3.05, 3.63) is 120 Å². The summed E-state index contributed by atoms with van der Waals surface area (Å²) in [5.74, 6) is 1.65. The second kappa shape index (κ2) is 11.8. The number of benzene rings is 3. The number of aliphatic hydroxyl groups excluding tert-OH is 2. The van der Waals surface area contributed by atoms with Crippen molar-refractivity contribution >= 4 is 18.6 Å². The van der Waals surface area contributed by atoms with Gasteiger partial charge in [0.05, 0.1) is 30.6 Å². The summed E-state index contributed by atoms with van der Waals surface area (Å²) in [6.45, 7) is 7.61. The lowest BCUT2D eigenvalue weighted by atomic mass is 9.71. The van der Waals surface area contributed by atoms with E-state index in [9.17, 15) is 15.2 Å². The summed E-state index contributed by atoms with van der Waals surface area (Å²) in [6, 6.07) is 26.5. The highest BCUT2D eigenvalue weighted by Crippen LogP contribution is 2.48. The summed E-state index contributed by atoms with van der Waals surface area (Å²) in [7, 11) is -0.389. The third-order valence-electron chi connectivity index (χ3n) is 9.53. The van der Waals surface area contributed by atoms with Crippen molar-refractivity contribution in [2.45, 2.75) is 44.7 Å². The molecule has 0 amide bonds. The fraction of sp³-hybridized carbons (Fsp3) is 0.324. The van der Waals surface area contributed by atoms with Crippen LogP contribution in [0.4, 0.5) is 0 Å². The first-order valence-electron chi connectivity index (χ1n) is 14.6. The predicted molar refractivity (Wildman–Crippen MR) is 161 cm³/mol. The van der Waals surface area contributed by atoms with Gasteiger partial charge in [0.2, 0.25) is 5.52 Å². The maximum Gasteiger partial charge on any atom is 0.504 e. The summed E-state index contributed by atoms with van der Waals surface area (Å²) in [6.07, 6.45) is 5.68. The number of quaternary nitrogens is 1. The molecule has 6 nitrogen and oxygen atoms in total. The van der Waals surface area contributed by atoms with E-state index in [2.05, 4.69) is 53.6 Å². The Balaban J connectivity index is 1.40. The quantitative estimate of drug-likeness (QED) is 0.121. The van der Waals surface area contributed by atoms with Gasteiger partial charge in [-0.1, -0.05) is 54.6 Å². The Morgan fingerprint density at radius 2 is 1.85 bits per heavy atom. The summed E-state index contributed by atoms with van der Waals surface area (Å²) in [4.78, 5) is 0. The van der Waals surface area contributed by atoms with Crippen LogP contribution < -0.4 is 9.22 Å². The second-order valence-corrected chi connectivity index (χ2v) is 11.8. The van der Waals surface area contributed by atoms with Crippen molar-refractivity contribution in [1.82, 2.24) is 0 Å². The Morgan fingerprint density at radius 1 is 1.05 bits per heavy atom. The fourth-order valence-electron chi connectivity index (χ4n) is 7.46. The maximum atomic E-state index is 12.2. The van der Waals surface area contributed by atoms with Crippen molar-refractivity contribution in [2.75, 3.05) is 13.1 Å². The van der Waals surface area contributed by atoms with E-state index < -0.39 is 6.10 Å². The first-order chi connectivity index (χ1) is 20.0. The highest BCUT2D eigenvalue weighted by atomic mass is 16.5. The molecule has 0 saturated carbocycles. The van der Waals surface area contributed by atoms with Gasteiger partial charge in [-0.15, -0.1) is 6.58 Å². The molecular weight excluding hydrogens is 511 g/mol. The standard InChI is InChI=1S/C34H39BN2O4/c1-2-26-22-37(21-24-8-4-3-5-9-24)17-15-27(26)19-32(37)34(39)30-14-16-36(31-18-25(23-38)12-13-29(30)31)20-28-10-6-7-11-33(28)41-35-40/h2-14,16,18,26-27,32,34-35,38-40H,1,15,17,19-23H2/q+2. The largest absolute Gasteiger partial charge is 0.538 e. The van der Waals surface area contributed by atoms with E-state index in [1.165, 1.54) is 5.56 Å². The number of hydrogen-bond donors (Lipinski definition) is 3. The maximum absolute atomic E-state index is 12.2. The molecule has 5 unspecified atom stereocenters. The first kappa shape index (κ1) is 27.7. The molecule has 1 aromatic heterocycles. The Morgan fingerprint density at radius 3 is 2.63 bits per heavy atom. The van der Waals surface area contributed by atoms with Gasteiger partial charge in [0.15, 0.2) is 12.7 Å². The normalized spacial score (nSPS) is 24.2. The summed E-state index contributed by atoms with van der Waals surface area (Å²) < 4.78 is 8.46. The molecule has 3 aliphatic rings. The number of rotatable bonds is 10. The molecule has 0 aliphatic carbocycles. The van der Waals surface area contributed by atoms with E-state index in [0.29, 0.717) is 24.1 Å². The van der Waals surface area contributed by atoms with Crippen LogP contribution in [0.3, 0.4) is 0 Å². The molecule has 4 heterocycles. The molecule has 41 heavy (non-hydrogen) atoms. The highest BCUT2D eigenvalue weighted by Gasteiger charge is 2.54. The minimum absolute atomic E-state index is 0.0583. The first-order valence-corrected chi connectivity index (χ1v) is 14.6. The van der Waals surface area contributed by atoms with Gasteiger partial charge >= 0.3 is 7.69 Å². The number of fused-ring (bicyclic) bond motifs is 4. The Bertz CT molecular complexity index is 1530. The van der Waals surface area contributed by atoms with Crippen LogP contribution in [0.25, 0.3) is 10.9 Å². The van der Waals surface area contributed by atoms with Gasteiger partial charge in [0.1, 0.15) is 24.4 Å². The zero-order chi connectivity index (χ0) is 28.4. The molecule has 3 N–H and O–H groups in total. The minimum atomic E-state index is -0.630. The van der Waals surface area contributed by atoms with E-state index >= 15 is 0 Å². The third kappa shape index (κ3) is 5.31. The van der Waals surface area contributed by atoms with E-state index in [0.717, 1.165) is 64.6 Å². The molecule has 7 rings (SSSR count). The van der Waals surface area contributed by atoms with Gasteiger partial charge in [-0.25, -0.2) is 0 Å². The van der Waals surface area contributed by atoms with Crippen LogP contribution in [-0.4, -0.2) is 46.5 Å². The van der Waals surface area contributed by atoms with Crippen molar-refractivity contribution in [3.8, 4) is 5.75 Å². The molecular formula is C34H39BN2O4+2. The summed E-state index contributed by atoms with van der Waals surface area (Å²) >= 11 is 0. The van der Waals surface area contributed by atoms with Gasteiger partial charge in [-0.2, -0.15) is 4.57 Å². The Labute approximate surface area is 242 Å². The molecule has 4 aromatic rings. The van der Waals surface area contributed by atoms with Crippen LogP contribution in [0.1, 0.15) is 41.2 Å². The number of aliphatic hydroxyl groups is 2. The molecule has 2 bridgehead atoms. The molecule has 3 saturated heterocycles. The van der Waals surface area contributed by atoms with Gasteiger partial charge in [-0.3, -0.25) is 0 Å². The van der Waals surface area contributed by atoms with Gasteiger partial charge < -0.3 is 24.4 Å². The Hall–Kier alpha value is -3.49. The molecule has 5 atom stereocenters. The molecule has 3 aliphatic heterocycles. The van der Waals surface area contributed by atoms with Crippen molar-refractivity contribution in [2.24, 2.45) is 11.8 Å². The highest BCUT2D eigenvalue weighted by molar-refractivity contribution is 6.17. The third-order valence-corrected chi connectivity index (χ3v) is 9.53. The number of hydrogen-bond acceptors (Lipinski definition) is 4. The summed E-state index contributed by atoms with van der Waals surface area (Å²) in [5.41, 5.74) is 4.94. The lowest BCUT2D eigenvalue weighted by Gasteiger charge is -2.58. The average Bonchev–Trinajstić information content (AvgIpc) is 3.02. The van der Waals surface area contributed by atoms with Crippen molar-refractivity contribution in [1.29, 1.82) is 0 Å². The number of pyridine rings is 1. The Kier molecular flexibility index (Phi) is 7.95. The second-order valence-electron chi connectivity index (χ2n) is 11.8. The SMILES string of the molecule is C=CC1C[N+]2(Cc3ccccc3)CCC1CC2C(O)c1cc[n+](Cc2ccccc2OBO)c2cc(CO)ccc12. The van der Waals surface area contributed by atoms with Crippen molar-refractivity contribution < 1.29 is 28.9 Å². The van der Waals surface area contributed by atoms with Crippen LogP contribution in [0.5, 0.6) is 5.75 Å². The molecule has 7 heteroatoms. The topological polar surface area (TPSA) is 73.8 Å². The zero-order valence-corrected chi connectivity index (χ0v) is 23.5. The van der Waals surface area contributed by atoms with E-state index in [1.54, 1.807) is 0 Å². The van der Waals surface area contributed by atoms with Gasteiger partial charge in [0, 0.05) is 42.0 Å². The van der Waals surface area contributed by atoms with E-state index in [1.807, 2.05) is 48.7 Å². The number of aromatic nitrogens is 1. The molecule has 210 valence electrons. The van der Waals surface area contributed by atoms with E-state index in [4.69, 9.17) is 4.65 Å². The van der Waals surface area contributed by atoms with Crippen LogP contribution in [-0.2, 0) is 19.7 Å². The summed E-state index contributed by atoms with van der Waals surface area (Å²) in [5, 5.41) is 32.5.